The molecular weight excluding hydrogens is 260 g/mol. The Balaban J connectivity index is 2.56. The predicted octanol–water partition coefficient (Wildman–Crippen LogP) is 4.57. The predicted molar refractivity (Wildman–Crippen MR) is 86.7 cm³/mol. The second-order valence-electron chi connectivity index (χ2n) is 6.67. The molecule has 1 aliphatic rings. The van der Waals surface area contributed by atoms with E-state index in [0.717, 1.165) is 31.6 Å². The highest BCUT2D eigenvalue weighted by atomic mass is 16.2. The number of carbonyl (C=O) groups is 1. The number of hydrogen-bond acceptors (Lipinski definition) is 2. The van der Waals surface area contributed by atoms with Gasteiger partial charge in [0.05, 0.1) is 6.07 Å². The summed E-state index contributed by atoms with van der Waals surface area (Å²) < 4.78 is 0. The minimum Gasteiger partial charge on any atom is -0.352 e. The Morgan fingerprint density at radius 1 is 1.10 bits per heavy atom. The van der Waals surface area contributed by atoms with E-state index >= 15 is 0 Å². The van der Waals surface area contributed by atoms with Crippen LogP contribution in [0.15, 0.2) is 0 Å². The van der Waals surface area contributed by atoms with Crippen molar-refractivity contribution in [1.82, 2.24) is 5.32 Å². The van der Waals surface area contributed by atoms with Gasteiger partial charge in [0.2, 0.25) is 5.91 Å². The van der Waals surface area contributed by atoms with Crippen LogP contribution in [0.4, 0.5) is 0 Å². The van der Waals surface area contributed by atoms with Crippen LogP contribution in [0.1, 0.15) is 85.0 Å². The Hall–Kier alpha value is -1.04. The Kier molecular flexibility index (Phi) is 7.78. The minimum absolute atomic E-state index is 0.0207. The standard InChI is InChI=1S/C18H32N2O/c1-4-7-15-8-10-16(11-9-15)20-17(21)18(14-19,12-5-2)13-6-3/h15-16H,4-13H2,1-3H3,(H,20,21). The first-order chi connectivity index (χ1) is 10.1. The fraction of sp³-hybridized carbons (Fsp3) is 0.889. The van der Waals surface area contributed by atoms with E-state index in [2.05, 4.69) is 18.3 Å². The summed E-state index contributed by atoms with van der Waals surface area (Å²) in [6, 6.07) is 2.61. The van der Waals surface area contributed by atoms with Crippen LogP contribution in [0.5, 0.6) is 0 Å². The molecule has 0 aromatic rings. The molecule has 0 heterocycles. The molecule has 1 aliphatic carbocycles. The normalized spacial score (nSPS) is 22.6. The number of rotatable bonds is 8. The van der Waals surface area contributed by atoms with E-state index in [0.29, 0.717) is 12.8 Å². The SMILES string of the molecule is CCCC1CCC(NC(=O)C(C#N)(CCC)CCC)CC1. The Morgan fingerprint density at radius 2 is 1.67 bits per heavy atom. The van der Waals surface area contributed by atoms with Crippen LogP contribution in [0.3, 0.4) is 0 Å². The molecule has 120 valence electrons. The van der Waals surface area contributed by atoms with Crippen molar-refractivity contribution in [1.29, 1.82) is 5.26 Å². The lowest BCUT2D eigenvalue weighted by Gasteiger charge is -2.32. The van der Waals surface area contributed by atoms with E-state index in [1.54, 1.807) is 0 Å². The third kappa shape index (κ3) is 5.02. The first-order valence-electron chi connectivity index (χ1n) is 8.84. The zero-order chi connectivity index (χ0) is 15.7. The first kappa shape index (κ1) is 18.0. The molecule has 0 saturated heterocycles. The van der Waals surface area contributed by atoms with Crippen LogP contribution in [0, 0.1) is 22.7 Å². The summed E-state index contributed by atoms with van der Waals surface area (Å²) in [5.74, 6) is 0.822. The molecule has 0 aliphatic heterocycles. The summed E-state index contributed by atoms with van der Waals surface area (Å²) in [6.07, 6.45) is 10.3. The van der Waals surface area contributed by atoms with Gasteiger partial charge in [-0.2, -0.15) is 5.26 Å². The van der Waals surface area contributed by atoms with E-state index in [4.69, 9.17) is 0 Å². The van der Waals surface area contributed by atoms with Crippen molar-refractivity contribution in [3.63, 3.8) is 0 Å². The van der Waals surface area contributed by atoms with Crippen molar-refractivity contribution >= 4 is 5.91 Å². The molecule has 0 radical (unpaired) electrons. The van der Waals surface area contributed by atoms with Gasteiger partial charge in [0, 0.05) is 6.04 Å². The molecule has 3 heteroatoms. The molecule has 0 bridgehead atoms. The molecule has 1 saturated carbocycles. The molecule has 1 fully saturated rings. The fourth-order valence-corrected chi connectivity index (χ4v) is 3.70. The highest BCUT2D eigenvalue weighted by molar-refractivity contribution is 5.85. The lowest BCUT2D eigenvalue weighted by Crippen LogP contribution is -2.46. The van der Waals surface area contributed by atoms with Gasteiger partial charge in [-0.1, -0.05) is 46.5 Å². The van der Waals surface area contributed by atoms with Crippen molar-refractivity contribution in [2.24, 2.45) is 11.3 Å². The van der Waals surface area contributed by atoms with Gasteiger partial charge < -0.3 is 5.32 Å². The van der Waals surface area contributed by atoms with E-state index in [1.165, 1.54) is 25.7 Å². The second kappa shape index (κ2) is 9.07. The zero-order valence-electron chi connectivity index (χ0n) is 14.1. The third-order valence-corrected chi connectivity index (χ3v) is 4.88. The maximum Gasteiger partial charge on any atom is 0.240 e. The summed E-state index contributed by atoms with van der Waals surface area (Å²) in [4.78, 5) is 12.6. The third-order valence-electron chi connectivity index (χ3n) is 4.88. The van der Waals surface area contributed by atoms with Crippen molar-refractivity contribution in [2.75, 3.05) is 0 Å². The number of nitriles is 1. The highest BCUT2D eigenvalue weighted by Crippen LogP contribution is 2.32. The summed E-state index contributed by atoms with van der Waals surface area (Å²) >= 11 is 0. The average molecular weight is 292 g/mol. The Labute approximate surface area is 130 Å². The lowest BCUT2D eigenvalue weighted by molar-refractivity contribution is -0.130. The van der Waals surface area contributed by atoms with Gasteiger partial charge in [0.1, 0.15) is 5.41 Å². The largest absolute Gasteiger partial charge is 0.352 e. The van der Waals surface area contributed by atoms with E-state index in [1.807, 2.05) is 13.8 Å². The Bertz CT molecular complexity index is 345. The molecule has 0 atom stereocenters. The van der Waals surface area contributed by atoms with Crippen molar-refractivity contribution in [2.45, 2.75) is 91.0 Å². The second-order valence-corrected chi connectivity index (χ2v) is 6.67. The molecule has 0 unspecified atom stereocenters. The molecule has 0 aromatic heterocycles. The van der Waals surface area contributed by atoms with Gasteiger partial charge in [0.15, 0.2) is 0 Å². The van der Waals surface area contributed by atoms with Crippen LogP contribution in [0.2, 0.25) is 0 Å². The summed E-state index contributed by atoms with van der Waals surface area (Å²) in [5.41, 5.74) is -0.802. The van der Waals surface area contributed by atoms with Crippen LogP contribution in [-0.2, 0) is 4.79 Å². The minimum atomic E-state index is -0.802. The monoisotopic (exact) mass is 292 g/mol. The first-order valence-corrected chi connectivity index (χ1v) is 8.84. The maximum atomic E-state index is 12.6. The van der Waals surface area contributed by atoms with E-state index < -0.39 is 5.41 Å². The van der Waals surface area contributed by atoms with Crippen molar-refractivity contribution in [3.8, 4) is 6.07 Å². The Morgan fingerprint density at radius 3 is 2.10 bits per heavy atom. The zero-order valence-corrected chi connectivity index (χ0v) is 14.1. The van der Waals surface area contributed by atoms with Gasteiger partial charge in [0.25, 0.3) is 0 Å². The highest BCUT2D eigenvalue weighted by Gasteiger charge is 2.38. The number of nitrogens with one attached hydrogen (secondary N) is 1. The van der Waals surface area contributed by atoms with Gasteiger partial charge in [-0.3, -0.25) is 4.79 Å². The summed E-state index contributed by atoms with van der Waals surface area (Å²) in [7, 11) is 0. The van der Waals surface area contributed by atoms with Gasteiger partial charge in [-0.25, -0.2) is 0 Å². The fourth-order valence-electron chi connectivity index (χ4n) is 3.70. The molecule has 1 amide bonds. The van der Waals surface area contributed by atoms with Gasteiger partial charge >= 0.3 is 0 Å². The molecule has 1 N–H and O–H groups in total. The van der Waals surface area contributed by atoms with E-state index in [9.17, 15) is 10.1 Å². The molecule has 21 heavy (non-hydrogen) atoms. The molecule has 0 aromatic carbocycles. The van der Waals surface area contributed by atoms with Crippen LogP contribution in [0.25, 0.3) is 0 Å². The molecule has 3 nitrogen and oxygen atoms in total. The number of nitrogens with zero attached hydrogens (tertiary/aromatic N) is 1. The average Bonchev–Trinajstić information content (AvgIpc) is 2.49. The molecule has 0 spiro atoms. The van der Waals surface area contributed by atoms with Gasteiger partial charge in [-0.05, 0) is 44.4 Å². The molecular formula is C18H32N2O. The van der Waals surface area contributed by atoms with E-state index in [-0.39, 0.29) is 11.9 Å². The summed E-state index contributed by atoms with van der Waals surface area (Å²) in [5, 5.41) is 12.7. The topological polar surface area (TPSA) is 52.9 Å². The maximum absolute atomic E-state index is 12.6. The van der Waals surface area contributed by atoms with Gasteiger partial charge in [-0.15, -0.1) is 0 Å². The van der Waals surface area contributed by atoms with Crippen LogP contribution in [-0.4, -0.2) is 11.9 Å². The number of amides is 1. The molecule has 1 rings (SSSR count). The van der Waals surface area contributed by atoms with Crippen LogP contribution >= 0.6 is 0 Å². The number of hydrogen-bond donors (Lipinski definition) is 1. The van der Waals surface area contributed by atoms with Crippen molar-refractivity contribution < 1.29 is 4.79 Å². The quantitative estimate of drug-likeness (QED) is 0.712. The summed E-state index contributed by atoms with van der Waals surface area (Å²) in [6.45, 7) is 6.33. The smallest absolute Gasteiger partial charge is 0.240 e. The van der Waals surface area contributed by atoms with Crippen molar-refractivity contribution in [3.05, 3.63) is 0 Å². The van der Waals surface area contributed by atoms with Crippen LogP contribution < -0.4 is 5.32 Å². The lowest BCUT2D eigenvalue weighted by atomic mass is 9.78. The number of carbonyl (C=O) groups excluding carboxylic acids is 1.